The molecule has 4 fully saturated rings. The highest BCUT2D eigenvalue weighted by Gasteiger charge is 2.60. The van der Waals surface area contributed by atoms with E-state index < -0.39 is 27.8 Å². The lowest BCUT2D eigenvalue weighted by molar-refractivity contribution is -0.120. The molecule has 0 atom stereocenters. The van der Waals surface area contributed by atoms with Crippen LogP contribution in [0, 0.1) is 11.3 Å². The van der Waals surface area contributed by atoms with Gasteiger partial charge in [0.05, 0.1) is 40.4 Å². The maximum atomic E-state index is 13.9. The molecule has 5 aliphatic rings. The predicted molar refractivity (Wildman–Crippen MR) is 154 cm³/mol. The standard InChI is InChI=1S/C30H36N4O5S/c35-16-17-40(38,39)32-21-6-7-22(25(18-21)33-14-12-29(8-9-29)13-15-33)27(36)31-23-2-1-3-24-26(23)30(10-11-30)28(37)34(24)19-20-4-5-20/h1-3,6-7,18,20,32,35H,4-5,8-17,19H2,(H,31,36). The summed E-state index contributed by atoms with van der Waals surface area (Å²) in [5, 5.41) is 12.3. The van der Waals surface area contributed by atoms with E-state index in [1.54, 1.807) is 18.2 Å². The Morgan fingerprint density at radius 1 is 1.00 bits per heavy atom. The molecule has 2 aromatic rings. The van der Waals surface area contributed by atoms with Gasteiger partial charge in [0.2, 0.25) is 15.9 Å². The number of carbonyl (C=O) groups excluding carboxylic acids is 2. The van der Waals surface area contributed by atoms with Crippen molar-refractivity contribution in [1.29, 1.82) is 0 Å². The maximum Gasteiger partial charge on any atom is 0.257 e. The number of nitrogens with one attached hydrogen (secondary N) is 2. The average Bonchev–Trinajstić information content (AvgIpc) is 3.81. The van der Waals surface area contributed by atoms with Gasteiger partial charge in [-0.3, -0.25) is 14.3 Å². The van der Waals surface area contributed by atoms with E-state index in [1.165, 1.54) is 12.8 Å². The monoisotopic (exact) mass is 564 g/mol. The molecular formula is C30H36N4O5S. The molecule has 3 N–H and O–H groups in total. The van der Waals surface area contributed by atoms with E-state index in [9.17, 15) is 18.0 Å². The molecule has 212 valence electrons. The van der Waals surface area contributed by atoms with Crippen molar-refractivity contribution in [2.24, 2.45) is 11.3 Å². The van der Waals surface area contributed by atoms with Gasteiger partial charge >= 0.3 is 0 Å². The maximum absolute atomic E-state index is 13.9. The second-order valence-electron chi connectivity index (χ2n) is 12.5. The summed E-state index contributed by atoms with van der Waals surface area (Å²) < 4.78 is 27.2. The molecule has 0 radical (unpaired) electrons. The number of hydrogen-bond donors (Lipinski definition) is 3. The third kappa shape index (κ3) is 4.55. The Labute approximate surface area is 235 Å². The van der Waals surface area contributed by atoms with E-state index in [0.717, 1.165) is 69.4 Å². The molecular weight excluding hydrogens is 528 g/mol. The number of piperidine rings is 1. The number of carbonyl (C=O) groups is 2. The average molecular weight is 565 g/mol. The molecule has 1 saturated heterocycles. The highest BCUT2D eigenvalue weighted by atomic mass is 32.2. The van der Waals surface area contributed by atoms with E-state index in [1.807, 2.05) is 23.1 Å². The Kier molecular flexibility index (Phi) is 5.94. The Morgan fingerprint density at radius 2 is 1.75 bits per heavy atom. The van der Waals surface area contributed by atoms with E-state index in [4.69, 9.17) is 5.11 Å². The fourth-order valence-corrected chi connectivity index (χ4v) is 7.49. The van der Waals surface area contributed by atoms with Crippen LogP contribution in [-0.4, -0.2) is 57.3 Å². The molecule has 2 aromatic carbocycles. The van der Waals surface area contributed by atoms with Crippen molar-refractivity contribution in [2.45, 2.75) is 56.8 Å². The van der Waals surface area contributed by atoms with Crippen molar-refractivity contribution in [3.05, 3.63) is 47.5 Å². The van der Waals surface area contributed by atoms with Crippen molar-refractivity contribution in [3.63, 3.8) is 0 Å². The molecule has 0 unspecified atom stereocenters. The van der Waals surface area contributed by atoms with Gasteiger partial charge in [-0.05, 0) is 93.0 Å². The first-order valence-electron chi connectivity index (χ1n) is 14.5. The lowest BCUT2D eigenvalue weighted by Gasteiger charge is -2.35. The quantitative estimate of drug-likeness (QED) is 0.426. The first kappa shape index (κ1) is 25.8. The summed E-state index contributed by atoms with van der Waals surface area (Å²) in [5.74, 6) is 0.0651. The van der Waals surface area contributed by atoms with Gasteiger partial charge in [0.15, 0.2) is 0 Å². The lowest BCUT2D eigenvalue weighted by Crippen LogP contribution is -2.36. The zero-order valence-corrected chi connectivity index (χ0v) is 23.4. The first-order chi connectivity index (χ1) is 19.2. The highest BCUT2D eigenvalue weighted by molar-refractivity contribution is 7.92. The minimum absolute atomic E-state index is 0.165. The fraction of sp³-hybridized carbons (Fsp3) is 0.533. The van der Waals surface area contributed by atoms with E-state index in [0.29, 0.717) is 34.0 Å². The zero-order chi connectivity index (χ0) is 27.7. The Balaban J connectivity index is 1.20. The Morgan fingerprint density at radius 3 is 2.40 bits per heavy atom. The molecule has 3 saturated carbocycles. The number of fused-ring (bicyclic) bond motifs is 2. The number of aliphatic hydroxyl groups excluding tert-OH is 1. The van der Waals surface area contributed by atoms with Gasteiger partial charge in [-0.2, -0.15) is 0 Å². The molecule has 9 nitrogen and oxygen atoms in total. The summed E-state index contributed by atoms with van der Waals surface area (Å²) >= 11 is 0. The van der Waals surface area contributed by atoms with Crippen molar-refractivity contribution in [1.82, 2.24) is 0 Å². The van der Waals surface area contributed by atoms with Crippen LogP contribution in [0.25, 0.3) is 0 Å². The molecule has 2 heterocycles. The summed E-state index contributed by atoms with van der Waals surface area (Å²) in [7, 11) is -3.71. The summed E-state index contributed by atoms with van der Waals surface area (Å²) in [6.45, 7) is 1.89. The minimum Gasteiger partial charge on any atom is -0.395 e. The van der Waals surface area contributed by atoms with Crippen LogP contribution in [0.3, 0.4) is 0 Å². The molecule has 2 amide bonds. The van der Waals surface area contributed by atoms with Crippen molar-refractivity contribution in [3.8, 4) is 0 Å². The normalized spacial score (nSPS) is 22.0. The van der Waals surface area contributed by atoms with Crippen LogP contribution in [0.4, 0.5) is 22.7 Å². The third-order valence-electron chi connectivity index (χ3n) is 9.60. The largest absolute Gasteiger partial charge is 0.395 e. The molecule has 0 bridgehead atoms. The topological polar surface area (TPSA) is 119 Å². The fourth-order valence-electron chi connectivity index (χ4n) is 6.66. The summed E-state index contributed by atoms with van der Waals surface area (Å²) in [5.41, 5.74) is 4.00. The van der Waals surface area contributed by atoms with E-state index >= 15 is 0 Å². The van der Waals surface area contributed by atoms with Crippen LogP contribution in [0.5, 0.6) is 0 Å². The number of anilines is 4. The number of aliphatic hydroxyl groups is 1. The summed E-state index contributed by atoms with van der Waals surface area (Å²) in [6.07, 6.45) is 8.56. The molecule has 7 rings (SSSR count). The van der Waals surface area contributed by atoms with Crippen molar-refractivity contribution in [2.75, 3.05) is 51.8 Å². The number of benzene rings is 2. The van der Waals surface area contributed by atoms with Crippen molar-refractivity contribution >= 4 is 44.6 Å². The Hall–Kier alpha value is -3.11. The molecule has 0 aromatic heterocycles. The second kappa shape index (κ2) is 9.21. The van der Waals surface area contributed by atoms with Gasteiger partial charge in [-0.15, -0.1) is 0 Å². The summed E-state index contributed by atoms with van der Waals surface area (Å²) in [4.78, 5) is 31.5. The lowest BCUT2D eigenvalue weighted by atomic mass is 9.93. The van der Waals surface area contributed by atoms with Crippen molar-refractivity contribution < 1.29 is 23.1 Å². The SMILES string of the molecule is O=C(Nc1cccc2c1C1(CC1)C(=O)N2CC1CC1)c1ccc(NS(=O)(=O)CCO)cc1N1CCC2(CC1)CC2. The van der Waals surface area contributed by atoms with Crippen LogP contribution in [-0.2, 0) is 20.2 Å². The highest BCUT2D eigenvalue weighted by Crippen LogP contribution is 2.60. The molecule has 10 heteroatoms. The number of amides is 2. The predicted octanol–water partition coefficient (Wildman–Crippen LogP) is 3.84. The van der Waals surface area contributed by atoms with Gasteiger partial charge in [0, 0.05) is 30.9 Å². The van der Waals surface area contributed by atoms with Crippen LogP contribution >= 0.6 is 0 Å². The molecule has 2 aliphatic heterocycles. The number of hydrogen-bond acceptors (Lipinski definition) is 6. The van der Waals surface area contributed by atoms with Crippen LogP contribution < -0.4 is 19.8 Å². The smallest absolute Gasteiger partial charge is 0.257 e. The Bertz CT molecular complexity index is 1480. The minimum atomic E-state index is -3.71. The van der Waals surface area contributed by atoms with E-state index in [2.05, 4.69) is 14.9 Å². The molecule has 3 aliphatic carbocycles. The van der Waals surface area contributed by atoms with Gasteiger partial charge in [0.25, 0.3) is 5.91 Å². The van der Waals surface area contributed by atoms with Crippen LogP contribution in [0.1, 0.15) is 67.3 Å². The number of nitrogens with zero attached hydrogens (tertiary/aromatic N) is 2. The van der Waals surface area contributed by atoms with Gasteiger partial charge in [-0.1, -0.05) is 6.07 Å². The number of sulfonamides is 1. The molecule has 2 spiro atoms. The van der Waals surface area contributed by atoms with Crippen LogP contribution in [0.2, 0.25) is 0 Å². The zero-order valence-electron chi connectivity index (χ0n) is 22.6. The van der Waals surface area contributed by atoms with E-state index in [-0.39, 0.29) is 11.8 Å². The van der Waals surface area contributed by atoms with Gasteiger partial charge in [0.1, 0.15) is 0 Å². The van der Waals surface area contributed by atoms with Crippen LogP contribution in [0.15, 0.2) is 36.4 Å². The van der Waals surface area contributed by atoms with Gasteiger partial charge < -0.3 is 20.2 Å². The number of rotatable bonds is 9. The second-order valence-corrected chi connectivity index (χ2v) is 14.3. The van der Waals surface area contributed by atoms with Gasteiger partial charge in [-0.25, -0.2) is 8.42 Å². The molecule has 40 heavy (non-hydrogen) atoms. The first-order valence-corrected chi connectivity index (χ1v) is 16.2. The summed E-state index contributed by atoms with van der Waals surface area (Å²) in [6, 6.07) is 10.8. The third-order valence-corrected chi connectivity index (χ3v) is 10.9.